The molecule has 1 aliphatic heterocycles. The van der Waals surface area contributed by atoms with Crippen LogP contribution in [0.15, 0.2) is 46.9 Å². The Labute approximate surface area is 131 Å². The molecule has 2 aromatic rings. The van der Waals surface area contributed by atoms with Crippen molar-refractivity contribution in [3.63, 3.8) is 0 Å². The molecule has 1 aliphatic rings. The summed E-state index contributed by atoms with van der Waals surface area (Å²) in [6.07, 6.45) is 0. The zero-order chi connectivity index (χ0) is 15.2. The van der Waals surface area contributed by atoms with Gasteiger partial charge < -0.3 is 0 Å². The minimum absolute atomic E-state index is 0.0155. The minimum atomic E-state index is -0.592. The molecule has 1 heterocycles. The van der Waals surface area contributed by atoms with E-state index in [0.717, 1.165) is 11.3 Å². The highest BCUT2D eigenvalue weighted by Crippen LogP contribution is 2.46. The third kappa shape index (κ3) is 1.89. The number of carbonyl (C=O) groups excluding carboxylic acids is 1. The number of hydrogen-bond donors (Lipinski definition) is 0. The molecule has 0 aromatic heterocycles. The number of fused-ring (bicyclic) bond motifs is 1. The van der Waals surface area contributed by atoms with Gasteiger partial charge in [-0.2, -0.15) is 5.26 Å². The number of hydrogen-bond acceptors (Lipinski definition) is 2. The van der Waals surface area contributed by atoms with E-state index in [2.05, 4.69) is 22.0 Å². The van der Waals surface area contributed by atoms with Crippen molar-refractivity contribution >= 4 is 33.2 Å². The van der Waals surface area contributed by atoms with Crippen LogP contribution in [0.5, 0.6) is 0 Å². The fourth-order valence-corrected chi connectivity index (χ4v) is 3.19. The molecular weight excluding hydrogens is 328 g/mol. The van der Waals surface area contributed by atoms with E-state index in [1.807, 2.05) is 44.2 Å². The van der Waals surface area contributed by atoms with Gasteiger partial charge in [-0.25, -0.2) is 0 Å². The molecule has 0 N–H and O–H groups in total. The fraction of sp³-hybridized carbons (Fsp3) is 0.176. The molecular formula is C17H13BrN2O. The summed E-state index contributed by atoms with van der Waals surface area (Å²) in [5.41, 5.74) is 2.33. The Hall–Kier alpha value is -2.12. The second kappa shape index (κ2) is 4.71. The van der Waals surface area contributed by atoms with Crippen LogP contribution in [0.2, 0.25) is 0 Å². The molecule has 104 valence electrons. The molecule has 3 nitrogen and oxygen atoms in total. The topological polar surface area (TPSA) is 44.1 Å². The summed E-state index contributed by atoms with van der Waals surface area (Å²) in [5, 5.41) is 9.41. The summed E-state index contributed by atoms with van der Waals surface area (Å²) < 4.78 is 0.692. The SMILES string of the molecule is CC1(C)C(=O)N(c2cccc(Br)c2C#N)c2ccccc21. The minimum Gasteiger partial charge on any atom is -0.279 e. The summed E-state index contributed by atoms with van der Waals surface area (Å²) in [7, 11) is 0. The zero-order valence-corrected chi connectivity index (χ0v) is 13.3. The van der Waals surface area contributed by atoms with Crippen LogP contribution in [0.25, 0.3) is 0 Å². The molecule has 3 rings (SSSR count). The molecule has 0 saturated heterocycles. The van der Waals surface area contributed by atoms with Gasteiger partial charge in [-0.05, 0) is 53.5 Å². The maximum Gasteiger partial charge on any atom is 0.241 e. The molecule has 0 unspecified atom stereocenters. The maximum absolute atomic E-state index is 12.9. The smallest absolute Gasteiger partial charge is 0.241 e. The van der Waals surface area contributed by atoms with Crippen LogP contribution in [-0.4, -0.2) is 5.91 Å². The molecule has 4 heteroatoms. The van der Waals surface area contributed by atoms with E-state index in [9.17, 15) is 10.1 Å². The van der Waals surface area contributed by atoms with E-state index in [4.69, 9.17) is 0 Å². The highest BCUT2D eigenvalue weighted by Gasteiger charge is 2.44. The van der Waals surface area contributed by atoms with Crippen molar-refractivity contribution in [1.82, 2.24) is 0 Å². The van der Waals surface area contributed by atoms with Crippen molar-refractivity contribution in [2.45, 2.75) is 19.3 Å². The third-order valence-corrected chi connectivity index (χ3v) is 4.56. The van der Waals surface area contributed by atoms with Crippen LogP contribution in [0.4, 0.5) is 11.4 Å². The normalized spacial score (nSPS) is 15.7. The lowest BCUT2D eigenvalue weighted by Crippen LogP contribution is -2.33. The highest BCUT2D eigenvalue weighted by molar-refractivity contribution is 9.10. The highest BCUT2D eigenvalue weighted by atomic mass is 79.9. The van der Waals surface area contributed by atoms with Gasteiger partial charge in [-0.3, -0.25) is 9.69 Å². The average Bonchev–Trinajstić information content (AvgIpc) is 2.67. The van der Waals surface area contributed by atoms with E-state index in [1.165, 1.54) is 0 Å². The van der Waals surface area contributed by atoms with E-state index in [0.29, 0.717) is 15.7 Å². The van der Waals surface area contributed by atoms with E-state index in [1.54, 1.807) is 17.0 Å². The van der Waals surface area contributed by atoms with Gasteiger partial charge in [0.15, 0.2) is 0 Å². The number of halogens is 1. The lowest BCUT2D eigenvalue weighted by molar-refractivity contribution is -0.121. The first kappa shape index (κ1) is 13.8. The summed E-state index contributed by atoms with van der Waals surface area (Å²) in [6, 6.07) is 15.4. The summed E-state index contributed by atoms with van der Waals surface area (Å²) in [6.45, 7) is 3.83. The lowest BCUT2D eigenvalue weighted by atomic mass is 9.86. The first-order valence-electron chi connectivity index (χ1n) is 6.61. The Bertz CT molecular complexity index is 790. The number of carbonyl (C=O) groups is 1. The predicted octanol–water partition coefficient (Wildman–Crippen LogP) is 4.28. The molecule has 0 atom stereocenters. The Morgan fingerprint density at radius 1 is 1.10 bits per heavy atom. The van der Waals surface area contributed by atoms with Gasteiger partial charge in [0.1, 0.15) is 6.07 Å². The average molecular weight is 341 g/mol. The molecule has 0 bridgehead atoms. The zero-order valence-electron chi connectivity index (χ0n) is 11.7. The fourth-order valence-electron chi connectivity index (χ4n) is 2.75. The summed E-state index contributed by atoms with van der Waals surface area (Å²) >= 11 is 3.38. The lowest BCUT2D eigenvalue weighted by Gasteiger charge is -2.21. The van der Waals surface area contributed by atoms with Crippen molar-refractivity contribution in [3.05, 3.63) is 58.1 Å². The van der Waals surface area contributed by atoms with Crippen molar-refractivity contribution < 1.29 is 4.79 Å². The number of amides is 1. The first-order chi connectivity index (χ1) is 9.98. The summed E-state index contributed by atoms with van der Waals surface area (Å²) in [5.74, 6) is -0.0155. The van der Waals surface area contributed by atoms with Crippen LogP contribution < -0.4 is 4.90 Å². The van der Waals surface area contributed by atoms with E-state index >= 15 is 0 Å². The van der Waals surface area contributed by atoms with Crippen LogP contribution in [0.1, 0.15) is 25.0 Å². The first-order valence-corrected chi connectivity index (χ1v) is 7.40. The van der Waals surface area contributed by atoms with Crippen LogP contribution >= 0.6 is 15.9 Å². The maximum atomic E-state index is 12.9. The molecule has 0 radical (unpaired) electrons. The molecule has 21 heavy (non-hydrogen) atoms. The van der Waals surface area contributed by atoms with Crippen molar-refractivity contribution in [1.29, 1.82) is 5.26 Å². The second-order valence-corrected chi connectivity index (χ2v) is 6.38. The van der Waals surface area contributed by atoms with Crippen LogP contribution in [-0.2, 0) is 10.2 Å². The van der Waals surface area contributed by atoms with Crippen LogP contribution in [0, 0.1) is 11.3 Å². The predicted molar refractivity (Wildman–Crippen MR) is 85.5 cm³/mol. The Morgan fingerprint density at radius 3 is 2.48 bits per heavy atom. The molecule has 0 aliphatic carbocycles. The van der Waals surface area contributed by atoms with Gasteiger partial charge in [-0.1, -0.05) is 24.3 Å². The van der Waals surface area contributed by atoms with E-state index in [-0.39, 0.29) is 5.91 Å². The summed E-state index contributed by atoms with van der Waals surface area (Å²) in [4.78, 5) is 14.5. The Kier molecular flexibility index (Phi) is 3.11. The van der Waals surface area contributed by atoms with Gasteiger partial charge in [0, 0.05) is 4.47 Å². The second-order valence-electron chi connectivity index (χ2n) is 5.53. The number of para-hydroxylation sites is 1. The largest absolute Gasteiger partial charge is 0.279 e. The third-order valence-electron chi connectivity index (χ3n) is 3.90. The van der Waals surface area contributed by atoms with Gasteiger partial charge >= 0.3 is 0 Å². The van der Waals surface area contributed by atoms with Crippen molar-refractivity contribution in [3.8, 4) is 6.07 Å². The molecule has 0 fully saturated rings. The van der Waals surface area contributed by atoms with Crippen LogP contribution in [0.3, 0.4) is 0 Å². The van der Waals surface area contributed by atoms with Gasteiger partial charge in [0.25, 0.3) is 0 Å². The monoisotopic (exact) mass is 340 g/mol. The van der Waals surface area contributed by atoms with Gasteiger partial charge in [0.2, 0.25) is 5.91 Å². The van der Waals surface area contributed by atoms with Crippen molar-refractivity contribution in [2.24, 2.45) is 0 Å². The molecule has 0 spiro atoms. The van der Waals surface area contributed by atoms with Crippen molar-refractivity contribution in [2.75, 3.05) is 4.90 Å². The Morgan fingerprint density at radius 2 is 1.76 bits per heavy atom. The number of nitriles is 1. The van der Waals surface area contributed by atoms with E-state index < -0.39 is 5.41 Å². The molecule has 0 saturated carbocycles. The quantitative estimate of drug-likeness (QED) is 0.777. The molecule has 1 amide bonds. The molecule has 2 aromatic carbocycles. The number of benzene rings is 2. The number of nitrogens with zero attached hydrogens (tertiary/aromatic N) is 2. The van der Waals surface area contributed by atoms with Gasteiger partial charge in [0.05, 0.1) is 22.4 Å². The number of rotatable bonds is 1. The standard InChI is InChI=1S/C17H13BrN2O/c1-17(2)12-6-3-4-8-15(12)20(16(17)21)14-9-5-7-13(18)11(14)10-19/h3-9H,1-2H3. The number of anilines is 2. The van der Waals surface area contributed by atoms with Gasteiger partial charge in [-0.15, -0.1) is 0 Å². The Balaban J connectivity index is 2.29.